The molecule has 0 aliphatic rings. The molecule has 0 aromatic heterocycles. The maximum atomic E-state index is 10.9. The number of ketones is 1. The molecule has 0 aliphatic carbocycles. The van der Waals surface area contributed by atoms with E-state index in [1.807, 2.05) is 43.4 Å². The third-order valence-electron chi connectivity index (χ3n) is 3.38. The van der Waals surface area contributed by atoms with Gasteiger partial charge in [-0.05, 0) is 32.1 Å². The Balaban J connectivity index is 4.26. The zero-order valence-corrected chi connectivity index (χ0v) is 16.1. The van der Waals surface area contributed by atoms with Gasteiger partial charge in [0.1, 0.15) is 6.61 Å². The normalized spacial score (nSPS) is 17.2. The summed E-state index contributed by atoms with van der Waals surface area (Å²) in [5, 5.41) is 28.3. The molecule has 150 valence electrons. The lowest BCUT2D eigenvalue weighted by atomic mass is 10.2. The molecule has 0 rings (SSSR count). The van der Waals surface area contributed by atoms with Crippen LogP contribution in [0.2, 0.25) is 0 Å². The molecule has 0 spiro atoms. The highest BCUT2D eigenvalue weighted by molar-refractivity contribution is 5.79. The number of hydrogen-bond donors (Lipinski definition) is 3. The average Bonchev–Trinajstić information content (AvgIpc) is 2.68. The van der Waals surface area contributed by atoms with Gasteiger partial charge < -0.3 is 15.3 Å². The summed E-state index contributed by atoms with van der Waals surface area (Å²) in [5.41, 5.74) is 0. The van der Waals surface area contributed by atoms with Gasteiger partial charge in [-0.2, -0.15) is 0 Å². The number of allylic oxidation sites excluding steroid dienone is 8. The third kappa shape index (κ3) is 18.6. The van der Waals surface area contributed by atoms with Crippen molar-refractivity contribution in [1.82, 2.24) is 0 Å². The molecule has 0 saturated carbocycles. The Morgan fingerprint density at radius 1 is 0.926 bits per heavy atom. The van der Waals surface area contributed by atoms with Crippen LogP contribution in [0.3, 0.4) is 0 Å². The minimum Gasteiger partial charge on any atom is -0.389 e. The summed E-state index contributed by atoms with van der Waals surface area (Å²) >= 11 is 0. The Labute approximate surface area is 166 Å². The summed E-state index contributed by atoms with van der Waals surface area (Å²) in [7, 11) is 0. The first kappa shape index (κ1) is 21.3. The summed E-state index contributed by atoms with van der Waals surface area (Å²) in [5.74, 6) is -0.173. The van der Waals surface area contributed by atoms with Crippen LogP contribution in [0.15, 0.2) is 72.9 Å². The SMILES string of the molecule is [2H]C(/C=C\C([2H])=C\[C@@H](O)C/C=C\C/C=C\CCC(=O)CO)=C\[C@@H](O)C/C=C\CC. The smallest absolute Gasteiger partial charge is 0.158 e. The van der Waals surface area contributed by atoms with E-state index in [9.17, 15) is 15.0 Å². The summed E-state index contributed by atoms with van der Waals surface area (Å²) in [6.07, 6.45) is 18.8. The minimum atomic E-state index is -0.794. The molecule has 3 N–H and O–H groups in total. The van der Waals surface area contributed by atoms with Crippen LogP contribution < -0.4 is 0 Å². The van der Waals surface area contributed by atoms with E-state index < -0.39 is 18.8 Å². The number of carbonyl (C=O) groups is 1. The second kappa shape index (κ2) is 18.8. The molecular weight excluding hydrogens is 340 g/mol. The Morgan fingerprint density at radius 3 is 2.04 bits per heavy atom. The highest BCUT2D eigenvalue weighted by Crippen LogP contribution is 2.00. The lowest BCUT2D eigenvalue weighted by molar-refractivity contribution is -0.121. The van der Waals surface area contributed by atoms with Crippen molar-refractivity contribution >= 4 is 5.78 Å². The van der Waals surface area contributed by atoms with E-state index in [0.717, 1.165) is 6.42 Å². The van der Waals surface area contributed by atoms with E-state index in [1.54, 1.807) is 0 Å². The number of hydrogen-bond acceptors (Lipinski definition) is 4. The Morgan fingerprint density at radius 2 is 1.48 bits per heavy atom. The maximum absolute atomic E-state index is 10.9. The molecule has 0 unspecified atom stereocenters. The van der Waals surface area contributed by atoms with Crippen molar-refractivity contribution in [3.05, 3.63) is 72.9 Å². The van der Waals surface area contributed by atoms with Gasteiger partial charge in [0.05, 0.1) is 14.9 Å². The number of aliphatic hydroxyl groups is 3. The van der Waals surface area contributed by atoms with Crippen molar-refractivity contribution in [1.29, 1.82) is 0 Å². The van der Waals surface area contributed by atoms with E-state index in [0.29, 0.717) is 32.1 Å². The van der Waals surface area contributed by atoms with Crippen LogP contribution >= 0.6 is 0 Å². The predicted molar refractivity (Wildman–Crippen MR) is 112 cm³/mol. The summed E-state index contributed by atoms with van der Waals surface area (Å²) in [6.45, 7) is 1.60. The first-order chi connectivity index (χ1) is 13.9. The molecule has 0 aromatic carbocycles. The van der Waals surface area contributed by atoms with Gasteiger partial charge in [-0.1, -0.05) is 79.8 Å². The van der Waals surface area contributed by atoms with E-state index in [4.69, 9.17) is 7.85 Å². The topological polar surface area (TPSA) is 77.8 Å². The van der Waals surface area contributed by atoms with Gasteiger partial charge in [0.15, 0.2) is 5.78 Å². The fourth-order valence-electron chi connectivity index (χ4n) is 1.92. The number of aliphatic hydroxyl groups excluding tert-OH is 3. The first-order valence-electron chi connectivity index (χ1n) is 10.4. The zero-order chi connectivity index (χ0) is 21.9. The molecule has 0 saturated heterocycles. The molecule has 2 atom stereocenters. The highest BCUT2D eigenvalue weighted by atomic mass is 16.3. The quantitative estimate of drug-likeness (QED) is 0.298. The predicted octanol–water partition coefficient (Wildman–Crippen LogP) is 3.97. The summed E-state index contributed by atoms with van der Waals surface area (Å²) < 4.78 is 15.6. The molecule has 0 heterocycles. The first-order valence-corrected chi connectivity index (χ1v) is 9.37. The van der Waals surface area contributed by atoms with Gasteiger partial charge in [-0.15, -0.1) is 0 Å². The molecular formula is C23H34O4. The van der Waals surface area contributed by atoms with Gasteiger partial charge >= 0.3 is 0 Å². The van der Waals surface area contributed by atoms with E-state index in [2.05, 4.69) is 0 Å². The van der Waals surface area contributed by atoms with Crippen LogP contribution in [0.4, 0.5) is 0 Å². The van der Waals surface area contributed by atoms with Crippen molar-refractivity contribution in [2.24, 2.45) is 0 Å². The standard InChI is InChI=1S/C23H34O4/c1-2-3-10-15-21(25)17-12-8-9-13-18-22(26)16-11-6-4-5-7-14-19-23(27)20-24/h3,5-13,17-18,21-22,24-26H,2,4,14-16,19-20H2,1H3/b7-5-,9-8-,10-3-,11-6-,17-12+,18-13+/t21-,22-/m0/s1/i12D,13D. The van der Waals surface area contributed by atoms with E-state index >= 15 is 0 Å². The average molecular weight is 377 g/mol. The molecule has 0 amide bonds. The summed E-state index contributed by atoms with van der Waals surface area (Å²) in [6, 6.07) is 0.209. The number of rotatable bonds is 15. The maximum Gasteiger partial charge on any atom is 0.158 e. The van der Waals surface area contributed by atoms with Crippen molar-refractivity contribution < 1.29 is 22.9 Å². The lowest BCUT2D eigenvalue weighted by Gasteiger charge is -1.99. The van der Waals surface area contributed by atoms with Gasteiger partial charge in [-0.3, -0.25) is 4.79 Å². The fourth-order valence-corrected chi connectivity index (χ4v) is 1.92. The van der Waals surface area contributed by atoms with Crippen LogP contribution in [0.5, 0.6) is 0 Å². The molecule has 0 aromatic rings. The largest absolute Gasteiger partial charge is 0.389 e. The number of carbonyl (C=O) groups excluding carboxylic acids is 1. The zero-order valence-electron chi connectivity index (χ0n) is 18.1. The highest BCUT2D eigenvalue weighted by Gasteiger charge is 1.95. The minimum absolute atomic E-state index is 0.0952. The van der Waals surface area contributed by atoms with Crippen LogP contribution in [0, 0.1) is 0 Å². The monoisotopic (exact) mass is 376 g/mol. The van der Waals surface area contributed by atoms with Crippen molar-refractivity contribution in [3.63, 3.8) is 0 Å². The van der Waals surface area contributed by atoms with E-state index in [1.165, 1.54) is 24.3 Å². The summed E-state index contributed by atoms with van der Waals surface area (Å²) in [4.78, 5) is 10.9. The molecule has 0 bridgehead atoms. The Kier molecular flexibility index (Phi) is 14.8. The van der Waals surface area contributed by atoms with Gasteiger partial charge in [0.25, 0.3) is 0 Å². The molecule has 0 aliphatic heterocycles. The van der Waals surface area contributed by atoms with Gasteiger partial charge in [-0.25, -0.2) is 0 Å². The van der Waals surface area contributed by atoms with Crippen LogP contribution in [0.1, 0.15) is 48.2 Å². The van der Waals surface area contributed by atoms with Gasteiger partial charge in [0, 0.05) is 6.42 Å². The lowest BCUT2D eigenvalue weighted by Crippen LogP contribution is -2.01. The van der Waals surface area contributed by atoms with Gasteiger partial charge in [0.2, 0.25) is 0 Å². The Hall–Kier alpha value is -2.01. The van der Waals surface area contributed by atoms with Crippen molar-refractivity contribution in [2.75, 3.05) is 6.61 Å². The Bertz CT molecular complexity index is 631. The van der Waals surface area contributed by atoms with Crippen LogP contribution in [-0.2, 0) is 4.79 Å². The van der Waals surface area contributed by atoms with Crippen LogP contribution in [-0.4, -0.2) is 39.9 Å². The molecule has 0 radical (unpaired) electrons. The molecule has 0 fully saturated rings. The second-order valence-corrected chi connectivity index (χ2v) is 5.90. The van der Waals surface area contributed by atoms with Crippen LogP contribution in [0.25, 0.3) is 0 Å². The van der Waals surface area contributed by atoms with E-state index in [-0.39, 0.29) is 17.9 Å². The fraction of sp³-hybridized carbons (Fsp3) is 0.435. The molecule has 27 heavy (non-hydrogen) atoms. The third-order valence-corrected chi connectivity index (χ3v) is 3.38. The molecule has 4 heteroatoms. The second-order valence-electron chi connectivity index (χ2n) is 5.90. The molecule has 4 nitrogen and oxygen atoms in total. The van der Waals surface area contributed by atoms with Crippen molar-refractivity contribution in [2.45, 2.75) is 57.7 Å². The van der Waals surface area contributed by atoms with Crippen molar-refractivity contribution in [3.8, 4) is 0 Å². The number of Topliss-reactive ketones (excluding diaryl/α,β-unsaturated/α-hetero) is 1.